The van der Waals surface area contributed by atoms with Gasteiger partial charge >= 0.3 is 0 Å². The summed E-state index contributed by atoms with van der Waals surface area (Å²) < 4.78 is 0. The summed E-state index contributed by atoms with van der Waals surface area (Å²) in [7, 11) is 0. The lowest BCUT2D eigenvalue weighted by Crippen LogP contribution is -1.93. The number of benzene rings is 1. The van der Waals surface area contributed by atoms with E-state index in [0.717, 1.165) is 6.42 Å². The number of hydrogen-bond acceptors (Lipinski definition) is 1. The van der Waals surface area contributed by atoms with Crippen LogP contribution in [0.3, 0.4) is 0 Å². The highest BCUT2D eigenvalue weighted by Gasteiger charge is 2.03. The van der Waals surface area contributed by atoms with E-state index < -0.39 is 0 Å². The van der Waals surface area contributed by atoms with Gasteiger partial charge in [-0.1, -0.05) is 43.3 Å². The smallest absolute Gasteiger partial charge is 0.152 e. The van der Waals surface area contributed by atoms with Gasteiger partial charge in [-0.3, -0.25) is 4.79 Å². The summed E-state index contributed by atoms with van der Waals surface area (Å²) >= 11 is 0. The van der Waals surface area contributed by atoms with Crippen molar-refractivity contribution in [2.45, 2.75) is 26.2 Å². The van der Waals surface area contributed by atoms with E-state index in [4.69, 9.17) is 0 Å². The Labute approximate surface area is 85.5 Å². The van der Waals surface area contributed by atoms with Crippen molar-refractivity contribution in [2.24, 2.45) is 0 Å². The first kappa shape index (κ1) is 10.7. The maximum Gasteiger partial charge on any atom is 0.152 e. The van der Waals surface area contributed by atoms with Gasteiger partial charge in [0.25, 0.3) is 0 Å². The average molecular weight is 188 g/mol. The van der Waals surface area contributed by atoms with Crippen LogP contribution >= 0.6 is 0 Å². The van der Waals surface area contributed by atoms with Crippen molar-refractivity contribution in [1.29, 1.82) is 0 Å². The van der Waals surface area contributed by atoms with Gasteiger partial charge < -0.3 is 0 Å². The Bertz CT molecular complexity index is 311. The Morgan fingerprint density at radius 1 is 1.36 bits per heavy atom. The summed E-state index contributed by atoms with van der Waals surface area (Å²) in [6.07, 6.45) is 4.66. The van der Waals surface area contributed by atoms with E-state index >= 15 is 0 Å². The molecule has 1 nitrogen and oxygen atoms in total. The van der Waals surface area contributed by atoms with Crippen molar-refractivity contribution in [3.63, 3.8) is 0 Å². The van der Waals surface area contributed by atoms with Crippen LogP contribution in [0.5, 0.6) is 0 Å². The molecule has 0 fully saturated rings. The first-order valence-corrected chi connectivity index (χ1v) is 4.97. The second kappa shape index (κ2) is 5.38. The molecule has 0 aromatic heterocycles. The number of ketones is 1. The van der Waals surface area contributed by atoms with Crippen molar-refractivity contribution in [2.75, 3.05) is 0 Å². The zero-order valence-electron chi connectivity index (χ0n) is 8.73. The quantitative estimate of drug-likeness (QED) is 0.662. The van der Waals surface area contributed by atoms with Crippen LogP contribution in [-0.2, 0) is 4.79 Å². The summed E-state index contributed by atoms with van der Waals surface area (Å²) in [6, 6.07) is 10.3. The molecule has 1 heteroatoms. The minimum atomic E-state index is 0.111. The molecule has 0 aliphatic heterocycles. The van der Waals surface area contributed by atoms with Gasteiger partial charge in [0.2, 0.25) is 0 Å². The van der Waals surface area contributed by atoms with Gasteiger partial charge in [-0.05, 0) is 25.0 Å². The fourth-order valence-corrected chi connectivity index (χ4v) is 1.43. The van der Waals surface area contributed by atoms with E-state index in [1.54, 1.807) is 13.0 Å². The lowest BCUT2D eigenvalue weighted by Gasteiger charge is -2.09. The molecule has 0 aliphatic carbocycles. The van der Waals surface area contributed by atoms with Crippen LogP contribution in [0.4, 0.5) is 0 Å². The zero-order chi connectivity index (χ0) is 10.4. The molecule has 1 aromatic carbocycles. The molecule has 0 saturated heterocycles. The predicted octanol–water partition coefficient (Wildman–Crippen LogP) is 3.33. The number of rotatable bonds is 4. The maximum absolute atomic E-state index is 10.8. The third-order valence-corrected chi connectivity index (χ3v) is 2.23. The van der Waals surface area contributed by atoms with Crippen LogP contribution in [0.2, 0.25) is 0 Å². The normalized spacial score (nSPS) is 13.0. The van der Waals surface area contributed by atoms with Gasteiger partial charge in [-0.15, -0.1) is 0 Å². The highest BCUT2D eigenvalue weighted by Crippen LogP contribution is 2.20. The molecule has 0 saturated carbocycles. The van der Waals surface area contributed by atoms with Crippen LogP contribution in [0.1, 0.15) is 31.7 Å². The number of allylic oxidation sites excluding steroid dienone is 2. The Kier molecular flexibility index (Phi) is 4.11. The molecule has 0 bridgehead atoms. The fourth-order valence-electron chi connectivity index (χ4n) is 1.43. The molecule has 74 valence electrons. The van der Waals surface area contributed by atoms with E-state index in [9.17, 15) is 4.79 Å². The molecule has 0 heterocycles. The molecule has 0 amide bonds. The van der Waals surface area contributed by atoms with Crippen LogP contribution in [0.15, 0.2) is 42.5 Å². The van der Waals surface area contributed by atoms with Gasteiger partial charge in [0.05, 0.1) is 0 Å². The summed E-state index contributed by atoms with van der Waals surface area (Å²) in [4.78, 5) is 10.8. The summed E-state index contributed by atoms with van der Waals surface area (Å²) in [5.74, 6) is 0.472. The molecule has 0 aliphatic rings. The van der Waals surface area contributed by atoms with E-state index in [1.165, 1.54) is 5.56 Å². The second-order valence-electron chi connectivity index (χ2n) is 3.40. The first-order chi connectivity index (χ1) is 6.74. The predicted molar refractivity (Wildman–Crippen MR) is 59.3 cm³/mol. The molecule has 1 aromatic rings. The SMILES string of the molecule is CCC(/C=C/C(C)=O)c1ccccc1. The van der Waals surface area contributed by atoms with Crippen LogP contribution in [0, 0.1) is 0 Å². The Balaban J connectivity index is 2.78. The molecule has 14 heavy (non-hydrogen) atoms. The maximum atomic E-state index is 10.8. The van der Waals surface area contributed by atoms with E-state index in [-0.39, 0.29) is 5.78 Å². The highest BCUT2D eigenvalue weighted by molar-refractivity contribution is 5.87. The van der Waals surface area contributed by atoms with Crippen molar-refractivity contribution >= 4 is 5.78 Å². The first-order valence-electron chi connectivity index (χ1n) is 4.97. The lowest BCUT2D eigenvalue weighted by molar-refractivity contribution is -0.112. The molecule has 0 radical (unpaired) electrons. The summed E-state index contributed by atoms with van der Waals surface area (Å²) in [5.41, 5.74) is 1.27. The van der Waals surface area contributed by atoms with Crippen LogP contribution in [0.25, 0.3) is 0 Å². The van der Waals surface area contributed by atoms with Gasteiger partial charge in [0.1, 0.15) is 0 Å². The number of carbonyl (C=O) groups excluding carboxylic acids is 1. The number of hydrogen-bond donors (Lipinski definition) is 0. The van der Waals surface area contributed by atoms with E-state index in [0.29, 0.717) is 5.92 Å². The molecule has 1 rings (SSSR count). The van der Waals surface area contributed by atoms with Gasteiger partial charge in [-0.25, -0.2) is 0 Å². The third kappa shape index (κ3) is 3.17. The molecule has 1 unspecified atom stereocenters. The Morgan fingerprint density at radius 2 is 2.00 bits per heavy atom. The van der Waals surface area contributed by atoms with Crippen molar-refractivity contribution in [1.82, 2.24) is 0 Å². The van der Waals surface area contributed by atoms with Gasteiger partial charge in [-0.2, -0.15) is 0 Å². The van der Waals surface area contributed by atoms with Crippen molar-refractivity contribution in [3.8, 4) is 0 Å². The van der Waals surface area contributed by atoms with Crippen molar-refractivity contribution < 1.29 is 4.79 Å². The summed E-state index contributed by atoms with van der Waals surface area (Å²) in [5, 5.41) is 0. The third-order valence-electron chi connectivity index (χ3n) is 2.23. The van der Waals surface area contributed by atoms with E-state index in [2.05, 4.69) is 19.1 Å². The summed E-state index contributed by atoms with van der Waals surface area (Å²) in [6.45, 7) is 3.70. The molecule has 0 N–H and O–H groups in total. The van der Waals surface area contributed by atoms with Crippen LogP contribution in [-0.4, -0.2) is 5.78 Å². The molecular weight excluding hydrogens is 172 g/mol. The highest BCUT2D eigenvalue weighted by atomic mass is 16.1. The van der Waals surface area contributed by atoms with E-state index in [1.807, 2.05) is 24.3 Å². The van der Waals surface area contributed by atoms with Gasteiger partial charge in [0, 0.05) is 5.92 Å². The Hall–Kier alpha value is -1.37. The lowest BCUT2D eigenvalue weighted by atomic mass is 9.96. The van der Waals surface area contributed by atoms with Crippen LogP contribution < -0.4 is 0 Å². The largest absolute Gasteiger partial charge is 0.295 e. The fraction of sp³-hybridized carbons (Fsp3) is 0.308. The average Bonchev–Trinajstić information content (AvgIpc) is 2.20. The van der Waals surface area contributed by atoms with Gasteiger partial charge in [0.15, 0.2) is 5.78 Å². The second-order valence-corrected chi connectivity index (χ2v) is 3.40. The minimum Gasteiger partial charge on any atom is -0.295 e. The topological polar surface area (TPSA) is 17.1 Å². The molecule has 1 atom stereocenters. The monoisotopic (exact) mass is 188 g/mol. The minimum absolute atomic E-state index is 0.111. The molecule has 0 spiro atoms. The number of carbonyl (C=O) groups is 1. The Morgan fingerprint density at radius 3 is 2.50 bits per heavy atom. The van der Waals surface area contributed by atoms with Crippen molar-refractivity contribution in [3.05, 3.63) is 48.0 Å². The standard InChI is InChI=1S/C13H16O/c1-3-12(10-9-11(2)14)13-7-5-4-6-8-13/h4-10,12H,3H2,1-2H3/b10-9+. The molecular formula is C13H16O. The zero-order valence-corrected chi connectivity index (χ0v) is 8.73.